The summed E-state index contributed by atoms with van der Waals surface area (Å²) in [5.41, 5.74) is 3.90. The van der Waals surface area contributed by atoms with Crippen LogP contribution in [0.25, 0.3) is 0 Å². The molecule has 0 aliphatic heterocycles. The van der Waals surface area contributed by atoms with Crippen LogP contribution in [-0.2, 0) is 9.59 Å². The van der Waals surface area contributed by atoms with E-state index in [0.717, 1.165) is 22.4 Å². The number of nitrogens with one attached hydrogen (secondary N) is 2. The van der Waals surface area contributed by atoms with Gasteiger partial charge >= 0.3 is 5.97 Å². The molecule has 0 bridgehead atoms. The Hall–Kier alpha value is -2.81. The summed E-state index contributed by atoms with van der Waals surface area (Å²) in [6.45, 7) is 5.86. The third kappa shape index (κ3) is 4.94. The molecule has 1 aromatic carbocycles. The van der Waals surface area contributed by atoms with Crippen molar-refractivity contribution < 1.29 is 14.7 Å². The van der Waals surface area contributed by atoms with Gasteiger partial charge in [0.25, 0.3) is 5.91 Å². The fourth-order valence-corrected chi connectivity index (χ4v) is 2.08. The van der Waals surface area contributed by atoms with Crippen molar-refractivity contribution in [2.24, 2.45) is 0 Å². The van der Waals surface area contributed by atoms with Crippen LogP contribution in [0.15, 0.2) is 23.9 Å². The van der Waals surface area contributed by atoms with Crippen molar-refractivity contribution in [1.82, 2.24) is 5.32 Å². The molecule has 1 aromatic rings. The van der Waals surface area contributed by atoms with Crippen molar-refractivity contribution >= 4 is 17.6 Å². The van der Waals surface area contributed by atoms with Gasteiger partial charge in [0, 0.05) is 18.4 Å². The molecule has 0 saturated carbocycles. The van der Waals surface area contributed by atoms with Crippen molar-refractivity contribution in [2.75, 3.05) is 11.9 Å². The van der Waals surface area contributed by atoms with E-state index in [1.165, 1.54) is 6.20 Å². The molecule has 0 aromatic heterocycles. The van der Waals surface area contributed by atoms with E-state index in [2.05, 4.69) is 10.6 Å². The maximum atomic E-state index is 11.8. The number of benzene rings is 1. The summed E-state index contributed by atoms with van der Waals surface area (Å²) in [5, 5.41) is 22.9. The second-order valence-electron chi connectivity index (χ2n) is 4.99. The van der Waals surface area contributed by atoms with E-state index >= 15 is 0 Å². The first kappa shape index (κ1) is 17.2. The molecule has 0 saturated heterocycles. The molecule has 0 heterocycles. The highest BCUT2D eigenvalue weighted by molar-refractivity contribution is 5.97. The van der Waals surface area contributed by atoms with Crippen LogP contribution in [-0.4, -0.2) is 23.5 Å². The van der Waals surface area contributed by atoms with Crippen LogP contribution in [0.5, 0.6) is 0 Å². The molecule has 0 radical (unpaired) electrons. The summed E-state index contributed by atoms with van der Waals surface area (Å²) in [5.74, 6) is -1.61. The Morgan fingerprint density at radius 1 is 1.27 bits per heavy atom. The molecule has 3 N–H and O–H groups in total. The zero-order valence-electron chi connectivity index (χ0n) is 12.9. The Bertz CT molecular complexity index is 634. The van der Waals surface area contributed by atoms with Gasteiger partial charge in [0.2, 0.25) is 0 Å². The van der Waals surface area contributed by atoms with Gasteiger partial charge in [0.05, 0.1) is 6.42 Å². The van der Waals surface area contributed by atoms with Crippen LogP contribution in [0.4, 0.5) is 5.69 Å². The zero-order chi connectivity index (χ0) is 16.7. The summed E-state index contributed by atoms with van der Waals surface area (Å²) in [4.78, 5) is 22.2. The smallest absolute Gasteiger partial charge is 0.305 e. The van der Waals surface area contributed by atoms with E-state index < -0.39 is 11.9 Å². The lowest BCUT2D eigenvalue weighted by Crippen LogP contribution is -2.27. The SMILES string of the molecule is Cc1cc(C)c(N/C=C(/C#N)C(=O)NCCC(=O)O)c(C)c1. The molecule has 0 unspecified atom stereocenters. The van der Waals surface area contributed by atoms with Gasteiger partial charge in [0.1, 0.15) is 11.6 Å². The normalized spacial score (nSPS) is 10.7. The molecule has 116 valence electrons. The van der Waals surface area contributed by atoms with E-state index in [0.29, 0.717) is 0 Å². The van der Waals surface area contributed by atoms with Gasteiger partial charge < -0.3 is 15.7 Å². The maximum absolute atomic E-state index is 11.8. The number of carbonyl (C=O) groups excluding carboxylic acids is 1. The molecule has 22 heavy (non-hydrogen) atoms. The van der Waals surface area contributed by atoms with Crippen LogP contribution in [0.3, 0.4) is 0 Å². The summed E-state index contributed by atoms with van der Waals surface area (Å²) >= 11 is 0. The summed E-state index contributed by atoms with van der Waals surface area (Å²) in [6, 6.07) is 5.80. The van der Waals surface area contributed by atoms with Crippen LogP contribution in [0.1, 0.15) is 23.1 Å². The van der Waals surface area contributed by atoms with E-state index in [-0.39, 0.29) is 18.5 Å². The minimum atomic E-state index is -1.01. The molecule has 0 spiro atoms. The van der Waals surface area contributed by atoms with Crippen molar-refractivity contribution in [1.29, 1.82) is 5.26 Å². The second kappa shape index (κ2) is 7.84. The molecule has 6 heteroatoms. The lowest BCUT2D eigenvalue weighted by Gasteiger charge is -2.11. The van der Waals surface area contributed by atoms with Crippen LogP contribution in [0, 0.1) is 32.1 Å². The molecule has 1 amide bonds. The first-order valence-corrected chi connectivity index (χ1v) is 6.79. The first-order valence-electron chi connectivity index (χ1n) is 6.79. The van der Waals surface area contributed by atoms with Gasteiger partial charge in [-0.25, -0.2) is 0 Å². The van der Waals surface area contributed by atoms with Gasteiger partial charge in [-0.1, -0.05) is 17.7 Å². The molecule has 6 nitrogen and oxygen atoms in total. The van der Waals surface area contributed by atoms with Gasteiger partial charge in [-0.3, -0.25) is 9.59 Å². The minimum Gasteiger partial charge on any atom is -0.481 e. The van der Waals surface area contributed by atoms with Crippen molar-refractivity contribution in [3.05, 3.63) is 40.6 Å². The lowest BCUT2D eigenvalue weighted by molar-refractivity contribution is -0.136. The number of aliphatic carboxylic acids is 1. The monoisotopic (exact) mass is 301 g/mol. The number of nitrogens with zero attached hydrogens (tertiary/aromatic N) is 1. The van der Waals surface area contributed by atoms with E-state index in [1.54, 1.807) is 6.07 Å². The lowest BCUT2D eigenvalue weighted by atomic mass is 10.1. The molecular formula is C16H19N3O3. The molecule has 0 fully saturated rings. The number of hydrogen-bond donors (Lipinski definition) is 3. The number of rotatable bonds is 6. The Morgan fingerprint density at radius 2 is 1.86 bits per heavy atom. The molecule has 1 rings (SSSR count). The quantitative estimate of drug-likeness (QED) is 0.551. The first-order chi connectivity index (χ1) is 10.3. The third-order valence-corrected chi connectivity index (χ3v) is 3.03. The number of nitriles is 1. The largest absolute Gasteiger partial charge is 0.481 e. The van der Waals surface area contributed by atoms with E-state index in [9.17, 15) is 9.59 Å². The number of carboxylic acids is 1. The van der Waals surface area contributed by atoms with E-state index in [4.69, 9.17) is 10.4 Å². The Balaban J connectivity index is 2.80. The summed E-state index contributed by atoms with van der Waals surface area (Å²) in [6.07, 6.45) is 1.15. The fraction of sp³-hybridized carbons (Fsp3) is 0.312. The molecule has 0 aliphatic rings. The van der Waals surface area contributed by atoms with Gasteiger partial charge in [-0.15, -0.1) is 0 Å². The zero-order valence-corrected chi connectivity index (χ0v) is 12.9. The Morgan fingerprint density at radius 3 is 2.36 bits per heavy atom. The highest BCUT2D eigenvalue weighted by Gasteiger charge is 2.10. The average molecular weight is 301 g/mol. The highest BCUT2D eigenvalue weighted by atomic mass is 16.4. The predicted molar refractivity (Wildman–Crippen MR) is 83.2 cm³/mol. The summed E-state index contributed by atoms with van der Waals surface area (Å²) < 4.78 is 0. The van der Waals surface area contributed by atoms with Crippen LogP contribution < -0.4 is 10.6 Å². The Labute approximate surface area is 129 Å². The van der Waals surface area contributed by atoms with Gasteiger partial charge in [-0.05, 0) is 31.9 Å². The number of anilines is 1. The Kier molecular flexibility index (Phi) is 6.14. The van der Waals surface area contributed by atoms with E-state index in [1.807, 2.05) is 32.9 Å². The number of carboxylic acid groups (broad SMARTS) is 1. The number of amides is 1. The second-order valence-corrected chi connectivity index (χ2v) is 4.99. The van der Waals surface area contributed by atoms with Crippen molar-refractivity contribution in [3.63, 3.8) is 0 Å². The minimum absolute atomic E-state index is 0.0181. The van der Waals surface area contributed by atoms with Crippen molar-refractivity contribution in [3.8, 4) is 6.07 Å². The molecule has 0 aliphatic carbocycles. The number of hydrogen-bond acceptors (Lipinski definition) is 4. The van der Waals surface area contributed by atoms with Crippen LogP contribution in [0.2, 0.25) is 0 Å². The molecular weight excluding hydrogens is 282 g/mol. The third-order valence-electron chi connectivity index (χ3n) is 3.03. The maximum Gasteiger partial charge on any atom is 0.305 e. The average Bonchev–Trinajstić information content (AvgIpc) is 2.41. The van der Waals surface area contributed by atoms with Crippen LogP contribution >= 0.6 is 0 Å². The summed E-state index contributed by atoms with van der Waals surface area (Å²) in [7, 11) is 0. The predicted octanol–water partition coefficient (Wildman–Crippen LogP) is 2.02. The standard InChI is InChI=1S/C16H19N3O3/c1-10-6-11(2)15(12(3)7-10)19-9-13(8-17)16(22)18-5-4-14(20)21/h6-7,9,19H,4-5H2,1-3H3,(H,18,22)(H,20,21)/b13-9-. The topological polar surface area (TPSA) is 102 Å². The van der Waals surface area contributed by atoms with Gasteiger partial charge in [0.15, 0.2) is 0 Å². The van der Waals surface area contributed by atoms with Crippen molar-refractivity contribution in [2.45, 2.75) is 27.2 Å². The number of aryl methyl sites for hydroxylation is 3. The number of carbonyl (C=O) groups is 2. The highest BCUT2D eigenvalue weighted by Crippen LogP contribution is 2.22. The van der Waals surface area contributed by atoms with Gasteiger partial charge in [-0.2, -0.15) is 5.26 Å². The molecule has 0 atom stereocenters. The fourth-order valence-electron chi connectivity index (χ4n) is 2.08.